The minimum atomic E-state index is -0.621. The molecule has 0 spiro atoms. The lowest BCUT2D eigenvalue weighted by Gasteiger charge is -2.39. The van der Waals surface area contributed by atoms with E-state index >= 15 is 0 Å². The molecule has 0 saturated heterocycles. The van der Waals surface area contributed by atoms with Crippen molar-refractivity contribution in [1.82, 2.24) is 0 Å². The fourth-order valence-corrected chi connectivity index (χ4v) is 1.66. The lowest BCUT2D eigenvalue weighted by atomic mass is 9.65. The minimum Gasteiger partial charge on any atom is -0.481 e. The van der Waals surface area contributed by atoms with Crippen molar-refractivity contribution in [1.29, 1.82) is 0 Å². The second-order valence-corrected chi connectivity index (χ2v) is 3.70. The third kappa shape index (κ3) is 1.26. The average Bonchev–Trinajstić information content (AvgIpc) is 1.83. The number of hydrogen-bond acceptors (Lipinski definition) is 1. The number of carbonyl (C=O) groups is 1. The molecule has 0 aromatic carbocycles. The summed E-state index contributed by atoms with van der Waals surface area (Å²) in [4.78, 5) is 10.9. The highest BCUT2D eigenvalue weighted by Gasteiger charge is 2.42. The lowest BCUT2D eigenvalue weighted by Crippen LogP contribution is -2.38. The molecule has 2 heteroatoms. The van der Waals surface area contributed by atoms with E-state index in [0.717, 1.165) is 19.3 Å². The minimum absolute atomic E-state index is 0.435. The normalized spacial score (nSPS) is 23.8. The van der Waals surface area contributed by atoms with Gasteiger partial charge in [-0.15, -0.1) is 0 Å². The maximum atomic E-state index is 10.9. The van der Waals surface area contributed by atoms with E-state index in [1.807, 2.05) is 13.8 Å². The van der Waals surface area contributed by atoms with Crippen LogP contribution in [0.5, 0.6) is 0 Å². The molecule has 1 saturated carbocycles. The Morgan fingerprint density at radius 2 is 2.18 bits per heavy atom. The van der Waals surface area contributed by atoms with Gasteiger partial charge in [0, 0.05) is 0 Å². The van der Waals surface area contributed by atoms with Crippen LogP contribution in [-0.2, 0) is 4.79 Å². The zero-order chi connectivity index (χ0) is 8.48. The average molecular weight is 156 g/mol. The number of rotatable bonds is 3. The van der Waals surface area contributed by atoms with E-state index in [2.05, 4.69) is 0 Å². The molecule has 0 heterocycles. The van der Waals surface area contributed by atoms with Crippen LogP contribution in [0.15, 0.2) is 0 Å². The van der Waals surface area contributed by atoms with Crippen molar-refractivity contribution in [3.05, 3.63) is 0 Å². The van der Waals surface area contributed by atoms with E-state index in [1.165, 1.54) is 6.42 Å². The number of hydrogen-bond donors (Lipinski definition) is 1. The highest BCUT2D eigenvalue weighted by atomic mass is 16.4. The highest BCUT2D eigenvalue weighted by Crippen LogP contribution is 2.44. The first-order valence-corrected chi connectivity index (χ1v) is 4.34. The molecule has 1 unspecified atom stereocenters. The van der Waals surface area contributed by atoms with E-state index in [-0.39, 0.29) is 0 Å². The molecule has 1 N–H and O–H groups in total. The van der Waals surface area contributed by atoms with Crippen LogP contribution in [0.1, 0.15) is 39.5 Å². The van der Waals surface area contributed by atoms with Crippen molar-refractivity contribution in [2.24, 2.45) is 11.3 Å². The number of carboxylic acids is 1. The first-order valence-electron chi connectivity index (χ1n) is 4.34. The van der Waals surface area contributed by atoms with Crippen LogP contribution >= 0.6 is 0 Å². The van der Waals surface area contributed by atoms with Gasteiger partial charge in [-0.3, -0.25) is 4.79 Å². The smallest absolute Gasteiger partial charge is 0.309 e. The summed E-state index contributed by atoms with van der Waals surface area (Å²) in [5, 5.41) is 8.97. The monoisotopic (exact) mass is 156 g/mol. The predicted molar refractivity (Wildman–Crippen MR) is 43.4 cm³/mol. The summed E-state index contributed by atoms with van der Waals surface area (Å²) < 4.78 is 0. The van der Waals surface area contributed by atoms with Crippen molar-refractivity contribution in [2.75, 3.05) is 0 Å². The summed E-state index contributed by atoms with van der Waals surface area (Å²) in [5.74, 6) is -0.185. The highest BCUT2D eigenvalue weighted by molar-refractivity contribution is 5.74. The van der Waals surface area contributed by atoms with Crippen LogP contribution in [0.25, 0.3) is 0 Å². The van der Waals surface area contributed by atoms with Gasteiger partial charge in [-0.05, 0) is 32.1 Å². The standard InChI is InChI=1S/C9H16O2/c1-3-9(2,8(10)11)7-5-4-6-7/h7H,3-6H2,1-2H3,(H,10,11). The van der Waals surface area contributed by atoms with Gasteiger partial charge >= 0.3 is 5.97 Å². The van der Waals surface area contributed by atoms with Crippen LogP contribution in [0.3, 0.4) is 0 Å². The molecule has 0 aromatic rings. The summed E-state index contributed by atoms with van der Waals surface area (Å²) in [6, 6.07) is 0. The van der Waals surface area contributed by atoms with E-state index in [4.69, 9.17) is 5.11 Å². The van der Waals surface area contributed by atoms with Gasteiger partial charge in [0.25, 0.3) is 0 Å². The SMILES string of the molecule is CCC(C)(C(=O)O)C1CCC1. The summed E-state index contributed by atoms with van der Waals surface area (Å²) in [6.07, 6.45) is 4.19. The molecular weight excluding hydrogens is 140 g/mol. The van der Waals surface area contributed by atoms with Crippen molar-refractivity contribution in [2.45, 2.75) is 39.5 Å². The second-order valence-electron chi connectivity index (χ2n) is 3.70. The Labute approximate surface area is 67.6 Å². The molecule has 0 amide bonds. The Morgan fingerprint density at radius 3 is 2.27 bits per heavy atom. The Balaban J connectivity index is 2.65. The van der Waals surface area contributed by atoms with Crippen LogP contribution < -0.4 is 0 Å². The maximum absolute atomic E-state index is 10.9. The first-order chi connectivity index (χ1) is 5.11. The third-order valence-electron chi connectivity index (χ3n) is 3.23. The molecule has 1 rings (SSSR count). The van der Waals surface area contributed by atoms with E-state index in [1.54, 1.807) is 0 Å². The van der Waals surface area contributed by atoms with E-state index < -0.39 is 11.4 Å². The van der Waals surface area contributed by atoms with Gasteiger partial charge in [0.05, 0.1) is 5.41 Å². The van der Waals surface area contributed by atoms with Gasteiger partial charge in [0.2, 0.25) is 0 Å². The third-order valence-corrected chi connectivity index (χ3v) is 3.23. The van der Waals surface area contributed by atoms with Gasteiger partial charge < -0.3 is 5.11 Å². The summed E-state index contributed by atoms with van der Waals surface area (Å²) in [5.41, 5.74) is -0.446. The maximum Gasteiger partial charge on any atom is 0.309 e. The Bertz CT molecular complexity index is 161. The van der Waals surface area contributed by atoms with Crippen molar-refractivity contribution in [3.63, 3.8) is 0 Å². The zero-order valence-electron chi connectivity index (χ0n) is 7.26. The lowest BCUT2D eigenvalue weighted by molar-refractivity contribution is -0.153. The van der Waals surface area contributed by atoms with E-state index in [9.17, 15) is 4.79 Å². The molecule has 0 radical (unpaired) electrons. The molecule has 64 valence electrons. The molecule has 0 aliphatic heterocycles. The van der Waals surface area contributed by atoms with Crippen molar-refractivity contribution < 1.29 is 9.90 Å². The van der Waals surface area contributed by atoms with Gasteiger partial charge in [-0.1, -0.05) is 13.3 Å². The zero-order valence-corrected chi connectivity index (χ0v) is 7.26. The van der Waals surface area contributed by atoms with Crippen molar-refractivity contribution >= 4 is 5.97 Å². The molecule has 0 aromatic heterocycles. The summed E-state index contributed by atoms with van der Waals surface area (Å²) >= 11 is 0. The van der Waals surface area contributed by atoms with Gasteiger partial charge in [0.15, 0.2) is 0 Å². The topological polar surface area (TPSA) is 37.3 Å². The Hall–Kier alpha value is -0.530. The largest absolute Gasteiger partial charge is 0.481 e. The van der Waals surface area contributed by atoms with Crippen LogP contribution in [0.4, 0.5) is 0 Å². The van der Waals surface area contributed by atoms with Crippen LogP contribution in [0.2, 0.25) is 0 Å². The van der Waals surface area contributed by atoms with E-state index in [0.29, 0.717) is 5.92 Å². The summed E-state index contributed by atoms with van der Waals surface area (Å²) in [7, 11) is 0. The van der Waals surface area contributed by atoms with Crippen LogP contribution in [0, 0.1) is 11.3 Å². The molecule has 1 aliphatic carbocycles. The van der Waals surface area contributed by atoms with Gasteiger partial charge in [-0.2, -0.15) is 0 Å². The number of carboxylic acid groups (broad SMARTS) is 1. The molecule has 11 heavy (non-hydrogen) atoms. The fraction of sp³-hybridized carbons (Fsp3) is 0.889. The first kappa shape index (κ1) is 8.57. The molecule has 2 nitrogen and oxygen atoms in total. The second kappa shape index (κ2) is 2.84. The van der Waals surface area contributed by atoms with Gasteiger partial charge in [0.1, 0.15) is 0 Å². The predicted octanol–water partition coefficient (Wildman–Crippen LogP) is 2.29. The Kier molecular flexibility index (Phi) is 2.21. The van der Waals surface area contributed by atoms with Crippen molar-refractivity contribution in [3.8, 4) is 0 Å². The number of aliphatic carboxylic acids is 1. The van der Waals surface area contributed by atoms with Crippen LogP contribution in [-0.4, -0.2) is 11.1 Å². The Morgan fingerprint density at radius 1 is 1.64 bits per heavy atom. The molecule has 0 bridgehead atoms. The fourth-order valence-electron chi connectivity index (χ4n) is 1.66. The van der Waals surface area contributed by atoms with Gasteiger partial charge in [-0.25, -0.2) is 0 Å². The molecule has 1 atom stereocenters. The quantitative estimate of drug-likeness (QED) is 0.680. The molecular formula is C9H16O2. The molecule has 1 fully saturated rings. The summed E-state index contributed by atoms with van der Waals surface area (Å²) in [6.45, 7) is 3.84. The molecule has 1 aliphatic rings.